The molecule has 0 spiro atoms. The molecule has 7 heteroatoms. The molecule has 1 atom stereocenters. The second-order valence-electron chi connectivity index (χ2n) is 3.17. The third kappa shape index (κ3) is 3.18. The molecule has 0 bridgehead atoms. The van der Waals surface area contributed by atoms with Crippen molar-refractivity contribution in [3.8, 4) is 0 Å². The van der Waals surface area contributed by atoms with E-state index in [1.807, 2.05) is 0 Å². The van der Waals surface area contributed by atoms with Crippen LogP contribution in [0.5, 0.6) is 0 Å². The predicted molar refractivity (Wildman–Crippen MR) is 62.1 cm³/mol. The van der Waals surface area contributed by atoms with E-state index < -0.39 is 18.6 Å². The van der Waals surface area contributed by atoms with Crippen LogP contribution in [0.15, 0.2) is 18.2 Å². The normalized spacial score (nSPS) is 13.1. The SMILES string of the molecule is Cl.Nc1ccc(Cl)cc1[C@H](N)C(F)(F)CO. The fraction of sp³-hybridized carbons (Fsp3) is 0.333. The molecule has 0 amide bonds. The van der Waals surface area contributed by atoms with Crippen molar-refractivity contribution in [2.24, 2.45) is 5.73 Å². The summed E-state index contributed by atoms with van der Waals surface area (Å²) in [5, 5.41) is 8.75. The summed E-state index contributed by atoms with van der Waals surface area (Å²) in [6, 6.07) is 2.47. The maximum atomic E-state index is 13.1. The van der Waals surface area contributed by atoms with Gasteiger partial charge in [0.25, 0.3) is 5.92 Å². The third-order valence-corrected chi connectivity index (χ3v) is 2.28. The minimum atomic E-state index is -3.42. The molecule has 0 saturated heterocycles. The Morgan fingerprint density at radius 2 is 2.00 bits per heavy atom. The Morgan fingerprint density at radius 1 is 1.44 bits per heavy atom. The second kappa shape index (κ2) is 5.63. The zero-order valence-corrected chi connectivity index (χ0v) is 9.73. The van der Waals surface area contributed by atoms with Gasteiger partial charge in [-0.1, -0.05) is 11.6 Å². The van der Waals surface area contributed by atoms with E-state index in [9.17, 15) is 8.78 Å². The zero-order chi connectivity index (χ0) is 11.6. The summed E-state index contributed by atoms with van der Waals surface area (Å²) < 4.78 is 26.1. The van der Waals surface area contributed by atoms with Crippen LogP contribution in [0.1, 0.15) is 11.6 Å². The molecule has 0 aliphatic carbocycles. The van der Waals surface area contributed by atoms with Crippen molar-refractivity contribution < 1.29 is 13.9 Å². The van der Waals surface area contributed by atoms with Crippen LogP contribution in [-0.2, 0) is 0 Å². The molecule has 1 aromatic carbocycles. The molecule has 0 fully saturated rings. The van der Waals surface area contributed by atoms with Gasteiger partial charge in [-0.2, -0.15) is 0 Å². The van der Waals surface area contributed by atoms with Crippen molar-refractivity contribution in [1.29, 1.82) is 0 Å². The first-order chi connectivity index (χ1) is 6.88. The number of hydrogen-bond acceptors (Lipinski definition) is 3. The Morgan fingerprint density at radius 3 is 2.50 bits per heavy atom. The highest BCUT2D eigenvalue weighted by Gasteiger charge is 2.38. The lowest BCUT2D eigenvalue weighted by Crippen LogP contribution is -2.36. The van der Waals surface area contributed by atoms with Crippen molar-refractivity contribution in [3.05, 3.63) is 28.8 Å². The zero-order valence-electron chi connectivity index (χ0n) is 8.16. The summed E-state index contributed by atoms with van der Waals surface area (Å²) in [5.74, 6) is -3.42. The van der Waals surface area contributed by atoms with Crippen molar-refractivity contribution >= 4 is 29.7 Å². The smallest absolute Gasteiger partial charge is 0.289 e. The van der Waals surface area contributed by atoms with Gasteiger partial charge in [0.1, 0.15) is 6.61 Å². The molecule has 92 valence electrons. The monoisotopic (exact) mass is 272 g/mol. The Bertz CT molecular complexity index is 363. The van der Waals surface area contributed by atoms with Crippen LogP contribution in [0.4, 0.5) is 14.5 Å². The largest absolute Gasteiger partial charge is 0.398 e. The summed E-state index contributed by atoms with van der Waals surface area (Å²) in [7, 11) is 0. The molecule has 0 saturated carbocycles. The highest BCUT2D eigenvalue weighted by atomic mass is 35.5. The first-order valence-corrected chi connectivity index (χ1v) is 4.55. The quantitative estimate of drug-likeness (QED) is 0.737. The summed E-state index contributed by atoms with van der Waals surface area (Å²) in [5.41, 5.74) is 10.9. The van der Waals surface area contributed by atoms with Crippen LogP contribution in [0.3, 0.4) is 0 Å². The van der Waals surface area contributed by atoms with E-state index in [-0.39, 0.29) is 28.7 Å². The molecule has 3 nitrogen and oxygen atoms in total. The molecule has 0 unspecified atom stereocenters. The van der Waals surface area contributed by atoms with Crippen LogP contribution in [-0.4, -0.2) is 17.6 Å². The molecular formula is C9H12Cl2F2N2O. The van der Waals surface area contributed by atoms with Crippen LogP contribution < -0.4 is 11.5 Å². The topological polar surface area (TPSA) is 72.3 Å². The summed E-state index contributed by atoms with van der Waals surface area (Å²) >= 11 is 5.64. The number of halogens is 4. The Labute approximate surface area is 103 Å². The van der Waals surface area contributed by atoms with E-state index in [2.05, 4.69) is 0 Å². The van der Waals surface area contributed by atoms with Gasteiger partial charge >= 0.3 is 0 Å². The maximum absolute atomic E-state index is 13.1. The molecule has 1 rings (SSSR count). The van der Waals surface area contributed by atoms with Gasteiger partial charge in [-0.15, -0.1) is 12.4 Å². The fourth-order valence-corrected chi connectivity index (χ4v) is 1.32. The van der Waals surface area contributed by atoms with E-state index in [0.717, 1.165) is 0 Å². The molecule has 0 radical (unpaired) electrons. The first-order valence-electron chi connectivity index (χ1n) is 4.17. The van der Waals surface area contributed by atoms with E-state index in [4.69, 9.17) is 28.2 Å². The first kappa shape index (κ1) is 15.4. The van der Waals surface area contributed by atoms with Crippen molar-refractivity contribution in [3.63, 3.8) is 0 Å². The molecule has 0 aromatic heterocycles. The average Bonchev–Trinajstić information content (AvgIpc) is 2.20. The van der Waals surface area contributed by atoms with Crippen LogP contribution >= 0.6 is 24.0 Å². The van der Waals surface area contributed by atoms with E-state index in [1.54, 1.807) is 0 Å². The Balaban J connectivity index is 0.00000225. The lowest BCUT2D eigenvalue weighted by molar-refractivity contribution is -0.0710. The Kier molecular flexibility index (Phi) is 5.41. The van der Waals surface area contributed by atoms with Gasteiger partial charge in [-0.3, -0.25) is 0 Å². The third-order valence-electron chi connectivity index (χ3n) is 2.05. The number of rotatable bonds is 3. The number of aliphatic hydroxyl groups is 1. The molecule has 0 aliphatic rings. The van der Waals surface area contributed by atoms with Gasteiger partial charge < -0.3 is 16.6 Å². The molecule has 0 heterocycles. The molecular weight excluding hydrogens is 261 g/mol. The van der Waals surface area contributed by atoms with Crippen molar-refractivity contribution in [1.82, 2.24) is 0 Å². The second-order valence-corrected chi connectivity index (χ2v) is 3.61. The van der Waals surface area contributed by atoms with Crippen molar-refractivity contribution in [2.45, 2.75) is 12.0 Å². The van der Waals surface area contributed by atoms with Gasteiger partial charge in [-0.25, -0.2) is 8.78 Å². The van der Waals surface area contributed by atoms with Crippen molar-refractivity contribution in [2.75, 3.05) is 12.3 Å². The number of alkyl halides is 2. The molecule has 1 aromatic rings. The summed E-state index contributed by atoms with van der Waals surface area (Å²) in [4.78, 5) is 0. The number of nitrogen functional groups attached to an aromatic ring is 1. The number of benzene rings is 1. The maximum Gasteiger partial charge on any atom is 0.289 e. The lowest BCUT2D eigenvalue weighted by atomic mass is 10.0. The summed E-state index contributed by atoms with van der Waals surface area (Å²) in [6.45, 7) is -1.33. The van der Waals surface area contributed by atoms with E-state index in [1.165, 1.54) is 18.2 Å². The standard InChI is InChI=1S/C9H11ClF2N2O.ClH/c10-5-1-2-7(13)6(3-5)8(14)9(11,12)4-15;/h1-3,8,15H,4,13-14H2;1H/t8-;/m0./s1. The number of anilines is 1. The van der Waals surface area contributed by atoms with Crippen LogP contribution in [0.25, 0.3) is 0 Å². The predicted octanol–water partition coefficient (Wildman–Crippen LogP) is 1.97. The van der Waals surface area contributed by atoms with Crippen LogP contribution in [0.2, 0.25) is 5.02 Å². The number of aliphatic hydroxyl groups excluding tert-OH is 1. The Hall–Kier alpha value is -0.620. The van der Waals surface area contributed by atoms with Gasteiger partial charge in [0, 0.05) is 10.7 Å². The van der Waals surface area contributed by atoms with Gasteiger partial charge in [-0.05, 0) is 23.8 Å². The molecule has 5 N–H and O–H groups in total. The van der Waals surface area contributed by atoms with E-state index in [0.29, 0.717) is 0 Å². The lowest BCUT2D eigenvalue weighted by Gasteiger charge is -2.22. The van der Waals surface area contributed by atoms with Crippen LogP contribution in [0, 0.1) is 0 Å². The highest BCUT2D eigenvalue weighted by molar-refractivity contribution is 6.30. The highest BCUT2D eigenvalue weighted by Crippen LogP contribution is 2.33. The average molecular weight is 273 g/mol. The summed E-state index contributed by atoms with van der Waals surface area (Å²) in [6.07, 6.45) is 0. The fourth-order valence-electron chi connectivity index (χ4n) is 1.14. The molecule has 0 aliphatic heterocycles. The van der Waals surface area contributed by atoms with Gasteiger partial charge in [0.15, 0.2) is 0 Å². The minimum Gasteiger partial charge on any atom is -0.398 e. The van der Waals surface area contributed by atoms with E-state index >= 15 is 0 Å². The molecule has 16 heavy (non-hydrogen) atoms. The van der Waals surface area contributed by atoms with Gasteiger partial charge in [0.05, 0.1) is 6.04 Å². The van der Waals surface area contributed by atoms with Gasteiger partial charge in [0.2, 0.25) is 0 Å². The minimum absolute atomic E-state index is 0. The number of hydrogen-bond donors (Lipinski definition) is 3. The number of nitrogens with two attached hydrogens (primary N) is 2.